The molecule has 0 bridgehead atoms. The first-order valence-corrected chi connectivity index (χ1v) is 11.1. The molecule has 1 amide bonds. The standard InChI is InChI=1S/C22H33ClN4O2/c1-24-22(25-12-10-16-8-9-19(29-2)14-20(16)23)26-18-11-13-27(15-18)21(28)17-6-4-3-5-7-17/h8-9,14,17-18H,3-7,10-13,15H2,1-2H3,(H2,24,25,26). The highest BCUT2D eigenvalue weighted by Gasteiger charge is 2.31. The monoisotopic (exact) mass is 420 g/mol. The summed E-state index contributed by atoms with van der Waals surface area (Å²) in [5, 5.41) is 7.53. The molecule has 0 radical (unpaired) electrons. The molecular weight excluding hydrogens is 388 g/mol. The van der Waals surface area contributed by atoms with Crippen molar-refractivity contribution in [3.05, 3.63) is 28.8 Å². The lowest BCUT2D eigenvalue weighted by atomic mass is 9.88. The topological polar surface area (TPSA) is 66.0 Å². The van der Waals surface area contributed by atoms with E-state index in [0.717, 1.165) is 62.6 Å². The quantitative estimate of drug-likeness (QED) is 0.547. The zero-order valence-corrected chi connectivity index (χ0v) is 18.3. The molecule has 0 spiro atoms. The highest BCUT2D eigenvalue weighted by Crippen LogP contribution is 2.27. The molecule has 1 aromatic carbocycles. The van der Waals surface area contributed by atoms with Gasteiger partial charge in [0, 0.05) is 43.7 Å². The number of methoxy groups -OCH3 is 1. The summed E-state index contributed by atoms with van der Waals surface area (Å²) in [7, 11) is 3.41. The molecule has 1 unspecified atom stereocenters. The minimum atomic E-state index is 0.245. The summed E-state index contributed by atoms with van der Waals surface area (Å²) in [4.78, 5) is 19.1. The van der Waals surface area contributed by atoms with Gasteiger partial charge in [0.25, 0.3) is 0 Å². The molecule has 1 heterocycles. The van der Waals surface area contributed by atoms with Gasteiger partial charge in [-0.2, -0.15) is 0 Å². The van der Waals surface area contributed by atoms with Crippen molar-refractivity contribution < 1.29 is 9.53 Å². The van der Waals surface area contributed by atoms with Crippen molar-refractivity contribution in [3.8, 4) is 5.75 Å². The number of benzene rings is 1. The van der Waals surface area contributed by atoms with Crippen molar-refractivity contribution >= 4 is 23.5 Å². The maximum atomic E-state index is 12.7. The van der Waals surface area contributed by atoms with Crippen LogP contribution in [0.3, 0.4) is 0 Å². The van der Waals surface area contributed by atoms with Crippen molar-refractivity contribution in [1.82, 2.24) is 15.5 Å². The van der Waals surface area contributed by atoms with E-state index in [0.29, 0.717) is 10.9 Å². The number of rotatable bonds is 6. The number of carbonyl (C=O) groups is 1. The molecule has 2 fully saturated rings. The smallest absolute Gasteiger partial charge is 0.225 e. The molecule has 1 saturated heterocycles. The van der Waals surface area contributed by atoms with Crippen molar-refractivity contribution in [2.45, 2.75) is 51.0 Å². The minimum absolute atomic E-state index is 0.245. The summed E-state index contributed by atoms with van der Waals surface area (Å²) in [6.45, 7) is 2.33. The predicted molar refractivity (Wildman–Crippen MR) is 118 cm³/mol. The molecular formula is C22H33ClN4O2. The van der Waals surface area contributed by atoms with Crippen LogP contribution in [0.5, 0.6) is 5.75 Å². The Labute approximate surface area is 179 Å². The van der Waals surface area contributed by atoms with Gasteiger partial charge in [0.2, 0.25) is 5.91 Å². The van der Waals surface area contributed by atoms with E-state index < -0.39 is 0 Å². The number of guanidine groups is 1. The summed E-state index contributed by atoms with van der Waals surface area (Å²) < 4.78 is 5.19. The first-order valence-electron chi connectivity index (χ1n) is 10.7. The number of halogens is 1. The zero-order valence-electron chi connectivity index (χ0n) is 17.5. The van der Waals surface area contributed by atoms with E-state index in [1.165, 1.54) is 19.3 Å². The molecule has 6 nitrogen and oxygen atoms in total. The molecule has 1 aliphatic carbocycles. The number of carbonyl (C=O) groups excluding carboxylic acids is 1. The van der Waals surface area contributed by atoms with Crippen LogP contribution in [0.2, 0.25) is 5.02 Å². The van der Waals surface area contributed by atoms with Gasteiger partial charge in [0.1, 0.15) is 5.75 Å². The average molecular weight is 421 g/mol. The Balaban J connectivity index is 1.43. The van der Waals surface area contributed by atoms with E-state index in [9.17, 15) is 4.79 Å². The van der Waals surface area contributed by atoms with Gasteiger partial charge >= 0.3 is 0 Å². The van der Waals surface area contributed by atoms with E-state index in [4.69, 9.17) is 16.3 Å². The van der Waals surface area contributed by atoms with Gasteiger partial charge in [-0.05, 0) is 43.4 Å². The second kappa shape index (κ2) is 10.7. The Morgan fingerprint density at radius 1 is 1.28 bits per heavy atom. The Hall–Kier alpha value is -1.95. The normalized spacial score (nSPS) is 20.6. The van der Waals surface area contributed by atoms with Crippen LogP contribution in [-0.2, 0) is 11.2 Å². The van der Waals surface area contributed by atoms with Gasteiger partial charge in [-0.3, -0.25) is 9.79 Å². The van der Waals surface area contributed by atoms with Gasteiger partial charge in [-0.25, -0.2) is 0 Å². The number of aliphatic imine (C=N–C) groups is 1. The largest absolute Gasteiger partial charge is 0.497 e. The van der Waals surface area contributed by atoms with Gasteiger partial charge in [0.15, 0.2) is 5.96 Å². The fourth-order valence-electron chi connectivity index (χ4n) is 4.25. The number of likely N-dealkylation sites (tertiary alicyclic amines) is 1. The maximum absolute atomic E-state index is 12.7. The molecule has 2 N–H and O–H groups in total. The summed E-state index contributed by atoms with van der Waals surface area (Å²) in [6, 6.07) is 5.99. The van der Waals surface area contributed by atoms with Crippen LogP contribution in [0, 0.1) is 5.92 Å². The number of nitrogens with zero attached hydrogens (tertiary/aromatic N) is 2. The third kappa shape index (κ3) is 6.01. The second-order valence-corrected chi connectivity index (χ2v) is 8.36. The molecule has 1 atom stereocenters. The van der Waals surface area contributed by atoms with E-state index in [-0.39, 0.29) is 12.0 Å². The van der Waals surface area contributed by atoms with E-state index >= 15 is 0 Å². The van der Waals surface area contributed by atoms with Crippen LogP contribution in [0.1, 0.15) is 44.1 Å². The van der Waals surface area contributed by atoms with Gasteiger partial charge in [0.05, 0.1) is 7.11 Å². The SMILES string of the molecule is CN=C(NCCc1ccc(OC)cc1Cl)NC1CCN(C(=O)C2CCCCC2)C1. The first-order chi connectivity index (χ1) is 14.1. The van der Waals surface area contributed by atoms with Crippen LogP contribution in [0.4, 0.5) is 0 Å². The van der Waals surface area contributed by atoms with E-state index in [2.05, 4.69) is 15.6 Å². The van der Waals surface area contributed by atoms with Gasteiger partial charge < -0.3 is 20.3 Å². The van der Waals surface area contributed by atoms with Crippen LogP contribution < -0.4 is 15.4 Å². The van der Waals surface area contributed by atoms with Crippen molar-refractivity contribution in [2.24, 2.45) is 10.9 Å². The lowest BCUT2D eigenvalue weighted by molar-refractivity contribution is -0.135. The lowest BCUT2D eigenvalue weighted by Gasteiger charge is -2.26. The number of hydrogen-bond acceptors (Lipinski definition) is 3. The van der Waals surface area contributed by atoms with Gasteiger partial charge in [-0.1, -0.05) is 36.9 Å². The van der Waals surface area contributed by atoms with E-state index in [1.807, 2.05) is 23.1 Å². The fraction of sp³-hybridized carbons (Fsp3) is 0.636. The predicted octanol–water partition coefficient (Wildman–Crippen LogP) is 3.24. The van der Waals surface area contributed by atoms with Crippen molar-refractivity contribution in [1.29, 1.82) is 0 Å². The zero-order chi connectivity index (χ0) is 20.6. The molecule has 1 saturated carbocycles. The highest BCUT2D eigenvalue weighted by molar-refractivity contribution is 6.31. The summed E-state index contributed by atoms with van der Waals surface area (Å²) in [6.07, 6.45) is 7.54. The summed E-state index contributed by atoms with van der Waals surface area (Å²) in [5.74, 6) is 2.13. The Morgan fingerprint density at radius 3 is 2.76 bits per heavy atom. The fourth-order valence-corrected chi connectivity index (χ4v) is 4.51. The molecule has 2 aliphatic rings. The third-order valence-electron chi connectivity index (χ3n) is 5.97. The number of ether oxygens (including phenoxy) is 1. The first kappa shape index (κ1) is 21.8. The highest BCUT2D eigenvalue weighted by atomic mass is 35.5. The summed E-state index contributed by atoms with van der Waals surface area (Å²) >= 11 is 6.31. The maximum Gasteiger partial charge on any atom is 0.225 e. The molecule has 3 rings (SSSR count). The molecule has 0 aromatic heterocycles. The van der Waals surface area contributed by atoms with Crippen molar-refractivity contribution in [3.63, 3.8) is 0 Å². The lowest BCUT2D eigenvalue weighted by Crippen LogP contribution is -2.46. The molecule has 160 valence electrons. The number of hydrogen-bond donors (Lipinski definition) is 2. The minimum Gasteiger partial charge on any atom is -0.497 e. The van der Waals surface area contributed by atoms with Crippen LogP contribution in [0.25, 0.3) is 0 Å². The number of nitrogens with one attached hydrogen (secondary N) is 2. The average Bonchev–Trinajstić information content (AvgIpc) is 3.22. The third-order valence-corrected chi connectivity index (χ3v) is 6.32. The van der Waals surface area contributed by atoms with Crippen LogP contribution >= 0.6 is 11.6 Å². The summed E-state index contributed by atoms with van der Waals surface area (Å²) in [5.41, 5.74) is 1.07. The Bertz CT molecular complexity index is 719. The Morgan fingerprint density at radius 2 is 2.07 bits per heavy atom. The van der Waals surface area contributed by atoms with Crippen molar-refractivity contribution in [2.75, 3.05) is 33.8 Å². The van der Waals surface area contributed by atoms with Crippen LogP contribution in [0.15, 0.2) is 23.2 Å². The molecule has 1 aliphatic heterocycles. The Kier molecular flexibility index (Phi) is 8.04. The van der Waals surface area contributed by atoms with Gasteiger partial charge in [-0.15, -0.1) is 0 Å². The van der Waals surface area contributed by atoms with Crippen LogP contribution in [-0.4, -0.2) is 56.6 Å². The molecule has 1 aromatic rings. The number of amides is 1. The van der Waals surface area contributed by atoms with E-state index in [1.54, 1.807) is 14.2 Å². The second-order valence-electron chi connectivity index (χ2n) is 7.96. The molecule has 29 heavy (non-hydrogen) atoms. The molecule has 7 heteroatoms.